The van der Waals surface area contributed by atoms with Crippen LogP contribution in [0.4, 0.5) is 0 Å². The van der Waals surface area contributed by atoms with Crippen LogP contribution in [0.15, 0.2) is 4.90 Å². The first-order chi connectivity index (χ1) is 9.69. The highest BCUT2D eigenvalue weighted by Gasteiger charge is 2.25. The number of nitrogens with zero attached hydrogens (tertiary/aromatic N) is 2. The molecule has 0 radical (unpaired) electrons. The second kappa shape index (κ2) is 6.68. The summed E-state index contributed by atoms with van der Waals surface area (Å²) < 4.78 is 27.9. The lowest BCUT2D eigenvalue weighted by Gasteiger charge is -2.07. The number of hydrogen-bond donors (Lipinski definition) is 3. The zero-order valence-corrected chi connectivity index (χ0v) is 12.8. The maximum Gasteiger partial charge on any atom is 0.305 e. The first-order valence-electron chi connectivity index (χ1n) is 6.15. The fourth-order valence-corrected chi connectivity index (χ4v) is 3.20. The Bertz CT molecular complexity index is 650. The summed E-state index contributed by atoms with van der Waals surface area (Å²) in [5.41, 5.74) is 0.584. The Labute approximate surface area is 122 Å². The van der Waals surface area contributed by atoms with Crippen LogP contribution in [0.25, 0.3) is 0 Å². The van der Waals surface area contributed by atoms with Crippen molar-refractivity contribution in [3.05, 3.63) is 11.4 Å². The second-order valence-corrected chi connectivity index (χ2v) is 6.07. The van der Waals surface area contributed by atoms with E-state index < -0.39 is 21.9 Å². The molecule has 0 aliphatic rings. The number of aromatic nitrogens is 2. The standard InChI is InChI=1S/C11H18N4O5S/c1-7-11(21(19,20)13-6-9(16)12-3)8(2)15(14-7)5-4-10(17)18/h13H,4-6H2,1-3H3,(H,12,16)(H,17,18). The molecule has 0 saturated heterocycles. The molecule has 0 atom stereocenters. The van der Waals surface area contributed by atoms with Crippen LogP contribution in [0.3, 0.4) is 0 Å². The molecule has 3 N–H and O–H groups in total. The van der Waals surface area contributed by atoms with Crippen LogP contribution in [0.1, 0.15) is 17.8 Å². The summed E-state index contributed by atoms with van der Waals surface area (Å²) in [7, 11) is -2.49. The molecule has 1 heterocycles. The number of sulfonamides is 1. The monoisotopic (exact) mass is 318 g/mol. The van der Waals surface area contributed by atoms with Crippen LogP contribution in [-0.4, -0.2) is 48.8 Å². The number of likely N-dealkylation sites (N-methyl/N-ethyl adjacent to an activating group) is 1. The Kier molecular flexibility index (Phi) is 5.44. The summed E-state index contributed by atoms with van der Waals surface area (Å²) in [6.07, 6.45) is -0.160. The van der Waals surface area contributed by atoms with Gasteiger partial charge in [-0.05, 0) is 13.8 Å². The zero-order valence-electron chi connectivity index (χ0n) is 12.0. The summed E-state index contributed by atoms with van der Waals surface area (Å²) in [6.45, 7) is 2.75. The summed E-state index contributed by atoms with van der Waals surface area (Å²) in [4.78, 5) is 21.7. The smallest absolute Gasteiger partial charge is 0.305 e. The Morgan fingerprint density at radius 1 is 1.33 bits per heavy atom. The normalized spacial score (nSPS) is 11.4. The molecule has 0 fully saturated rings. The highest BCUT2D eigenvalue weighted by Crippen LogP contribution is 2.19. The van der Waals surface area contributed by atoms with Gasteiger partial charge in [0.15, 0.2) is 0 Å². The molecule has 10 heteroatoms. The highest BCUT2D eigenvalue weighted by molar-refractivity contribution is 7.89. The van der Waals surface area contributed by atoms with Gasteiger partial charge in [0.05, 0.1) is 30.9 Å². The maximum atomic E-state index is 12.2. The van der Waals surface area contributed by atoms with Crippen molar-refractivity contribution in [2.75, 3.05) is 13.6 Å². The number of rotatable bonds is 7. The number of carboxylic acid groups (broad SMARTS) is 1. The third-order valence-corrected chi connectivity index (χ3v) is 4.48. The van der Waals surface area contributed by atoms with Crippen molar-refractivity contribution >= 4 is 21.9 Å². The van der Waals surface area contributed by atoms with Gasteiger partial charge in [-0.15, -0.1) is 0 Å². The SMILES string of the molecule is CNC(=O)CNS(=O)(=O)c1c(C)nn(CCC(=O)O)c1C. The number of aliphatic carboxylic acids is 1. The van der Waals surface area contributed by atoms with E-state index in [1.165, 1.54) is 25.6 Å². The van der Waals surface area contributed by atoms with Crippen LogP contribution in [0.5, 0.6) is 0 Å². The van der Waals surface area contributed by atoms with Gasteiger partial charge < -0.3 is 10.4 Å². The first-order valence-corrected chi connectivity index (χ1v) is 7.63. The molecule has 0 bridgehead atoms. The van der Waals surface area contributed by atoms with Crippen molar-refractivity contribution in [1.29, 1.82) is 0 Å². The van der Waals surface area contributed by atoms with Gasteiger partial charge in [0, 0.05) is 7.05 Å². The Balaban J connectivity index is 3.01. The van der Waals surface area contributed by atoms with Gasteiger partial charge in [0.1, 0.15) is 4.90 Å². The Morgan fingerprint density at radius 2 is 1.95 bits per heavy atom. The molecule has 21 heavy (non-hydrogen) atoms. The number of carboxylic acids is 1. The fourth-order valence-electron chi connectivity index (χ4n) is 1.81. The number of carbonyl (C=O) groups is 2. The molecule has 9 nitrogen and oxygen atoms in total. The average Bonchev–Trinajstić information content (AvgIpc) is 2.68. The van der Waals surface area contributed by atoms with Gasteiger partial charge in [0.2, 0.25) is 15.9 Å². The first kappa shape index (κ1) is 17.1. The largest absolute Gasteiger partial charge is 0.481 e. The van der Waals surface area contributed by atoms with Crippen molar-refractivity contribution in [2.45, 2.75) is 31.7 Å². The van der Waals surface area contributed by atoms with E-state index in [-0.39, 0.29) is 30.1 Å². The third kappa shape index (κ3) is 4.26. The maximum absolute atomic E-state index is 12.2. The van der Waals surface area contributed by atoms with E-state index in [2.05, 4.69) is 15.1 Å². The number of aryl methyl sites for hydroxylation is 2. The number of hydrogen-bond acceptors (Lipinski definition) is 5. The molecule has 1 amide bonds. The summed E-state index contributed by atoms with van der Waals surface area (Å²) in [6, 6.07) is 0. The van der Waals surface area contributed by atoms with Crippen LogP contribution in [0, 0.1) is 13.8 Å². The van der Waals surface area contributed by atoms with E-state index >= 15 is 0 Å². The van der Waals surface area contributed by atoms with E-state index in [4.69, 9.17) is 5.11 Å². The highest BCUT2D eigenvalue weighted by atomic mass is 32.2. The minimum absolute atomic E-state index is 0.0307. The molecular formula is C11H18N4O5S. The van der Waals surface area contributed by atoms with E-state index in [1.54, 1.807) is 0 Å². The van der Waals surface area contributed by atoms with Crippen molar-refractivity contribution in [1.82, 2.24) is 19.8 Å². The predicted octanol–water partition coefficient (Wildman–Crippen LogP) is -1.00. The van der Waals surface area contributed by atoms with Gasteiger partial charge >= 0.3 is 5.97 Å². The van der Waals surface area contributed by atoms with Gasteiger partial charge in [-0.3, -0.25) is 14.3 Å². The predicted molar refractivity (Wildman–Crippen MR) is 73.2 cm³/mol. The van der Waals surface area contributed by atoms with Crippen LogP contribution in [0.2, 0.25) is 0 Å². The van der Waals surface area contributed by atoms with Gasteiger partial charge in [-0.25, -0.2) is 13.1 Å². The lowest BCUT2D eigenvalue weighted by Crippen LogP contribution is -2.35. The van der Waals surface area contributed by atoms with Crippen molar-refractivity contribution in [3.8, 4) is 0 Å². The van der Waals surface area contributed by atoms with Gasteiger partial charge in [-0.1, -0.05) is 0 Å². The molecule has 1 rings (SSSR count). The average molecular weight is 318 g/mol. The van der Waals surface area contributed by atoms with Crippen LogP contribution >= 0.6 is 0 Å². The molecule has 0 unspecified atom stereocenters. The minimum atomic E-state index is -3.89. The van der Waals surface area contributed by atoms with Gasteiger partial charge in [-0.2, -0.15) is 5.10 Å². The molecule has 0 aliphatic carbocycles. The van der Waals surface area contributed by atoms with E-state index in [0.29, 0.717) is 5.69 Å². The number of nitrogens with one attached hydrogen (secondary N) is 2. The molecular weight excluding hydrogens is 300 g/mol. The molecule has 0 aliphatic heterocycles. The molecule has 1 aromatic heterocycles. The fraction of sp³-hybridized carbons (Fsp3) is 0.545. The molecule has 118 valence electrons. The quantitative estimate of drug-likeness (QED) is 0.591. The van der Waals surface area contributed by atoms with Crippen molar-refractivity contribution in [3.63, 3.8) is 0 Å². The minimum Gasteiger partial charge on any atom is -0.481 e. The van der Waals surface area contributed by atoms with Crippen LogP contribution < -0.4 is 10.0 Å². The second-order valence-electron chi connectivity index (χ2n) is 4.36. The number of amides is 1. The molecule has 0 spiro atoms. The molecule has 1 aromatic rings. The zero-order chi connectivity index (χ0) is 16.2. The Hall–Kier alpha value is -1.94. The van der Waals surface area contributed by atoms with Gasteiger partial charge in [0.25, 0.3) is 0 Å². The molecule has 0 saturated carbocycles. The molecule has 0 aromatic carbocycles. The summed E-state index contributed by atoms with van der Waals surface area (Å²) >= 11 is 0. The van der Waals surface area contributed by atoms with E-state index in [1.807, 2.05) is 0 Å². The Morgan fingerprint density at radius 3 is 2.48 bits per heavy atom. The lowest BCUT2D eigenvalue weighted by molar-refractivity contribution is -0.137. The number of carbonyl (C=O) groups excluding carboxylic acids is 1. The van der Waals surface area contributed by atoms with Crippen molar-refractivity contribution in [2.24, 2.45) is 0 Å². The van der Waals surface area contributed by atoms with Crippen LogP contribution in [-0.2, 0) is 26.2 Å². The summed E-state index contributed by atoms with van der Waals surface area (Å²) in [5.74, 6) is -1.46. The van der Waals surface area contributed by atoms with E-state index in [9.17, 15) is 18.0 Å². The lowest BCUT2D eigenvalue weighted by atomic mass is 10.4. The topological polar surface area (TPSA) is 130 Å². The van der Waals surface area contributed by atoms with Crippen molar-refractivity contribution < 1.29 is 23.1 Å². The summed E-state index contributed by atoms with van der Waals surface area (Å²) in [5, 5.41) is 15.0. The van der Waals surface area contributed by atoms with E-state index in [0.717, 1.165) is 0 Å². The third-order valence-electron chi connectivity index (χ3n) is 2.82.